The summed E-state index contributed by atoms with van der Waals surface area (Å²) in [5.41, 5.74) is 4.95. The summed E-state index contributed by atoms with van der Waals surface area (Å²) >= 11 is 1.87. The Morgan fingerprint density at radius 2 is 2.44 bits per heavy atom. The van der Waals surface area contributed by atoms with E-state index >= 15 is 0 Å². The Morgan fingerprint density at radius 3 is 2.94 bits per heavy atom. The van der Waals surface area contributed by atoms with Crippen LogP contribution in [0.25, 0.3) is 0 Å². The van der Waals surface area contributed by atoms with Gasteiger partial charge in [0.05, 0.1) is 0 Å². The zero-order chi connectivity index (χ0) is 13.9. The normalized spacial score (nSPS) is 29.4. The monoisotopic (exact) mass is 386 g/mol. The van der Waals surface area contributed by atoms with E-state index in [2.05, 4.69) is 6.58 Å². The average molecular weight is 386 g/mol. The molecular weight excluding hydrogens is 373 g/mol. The fourth-order valence-electron chi connectivity index (χ4n) is 1.42. The Labute approximate surface area is 120 Å². The van der Waals surface area contributed by atoms with Crippen LogP contribution >= 0.6 is 28.8 Å². The molecule has 0 aromatic carbocycles. The van der Waals surface area contributed by atoms with Crippen molar-refractivity contribution in [3.05, 3.63) is 24.6 Å². The second-order valence-electron chi connectivity index (χ2n) is 3.60. The summed E-state index contributed by atoms with van der Waals surface area (Å²) in [6.07, 6.45) is -0.800. The summed E-state index contributed by atoms with van der Waals surface area (Å²) in [6.45, 7) is 9.08. The minimum absolute atomic E-state index is 0.182. The van der Waals surface area contributed by atoms with Crippen LogP contribution in [-0.4, -0.2) is 42.9 Å². The summed E-state index contributed by atoms with van der Waals surface area (Å²) in [5, 5.41) is 0. The first-order valence-electron chi connectivity index (χ1n) is 4.89. The summed E-state index contributed by atoms with van der Waals surface area (Å²) < 4.78 is 24.6. The molecule has 1 aliphatic heterocycles. The molecule has 1 rings (SSSR count). The van der Waals surface area contributed by atoms with Crippen molar-refractivity contribution in [1.29, 1.82) is 0 Å². The summed E-state index contributed by atoms with van der Waals surface area (Å²) in [6, 6.07) is 0. The van der Waals surface area contributed by atoms with Gasteiger partial charge in [0, 0.05) is 0 Å². The molecule has 0 aromatic rings. The van der Waals surface area contributed by atoms with Crippen molar-refractivity contribution in [3.8, 4) is 0 Å². The van der Waals surface area contributed by atoms with Crippen LogP contribution in [0, 0.1) is 0 Å². The Balaban J connectivity index is 2.73. The molecule has 0 aromatic heterocycles. The molecule has 1 amide bonds. The van der Waals surface area contributed by atoms with E-state index in [0.717, 1.165) is 6.08 Å². The van der Waals surface area contributed by atoms with Crippen LogP contribution in [0.15, 0.2) is 24.6 Å². The third kappa shape index (κ3) is 4.06. The van der Waals surface area contributed by atoms with Gasteiger partial charge in [-0.25, -0.2) is 0 Å². The quantitative estimate of drug-likeness (QED) is 0.326. The van der Waals surface area contributed by atoms with Gasteiger partial charge in [-0.05, 0) is 0 Å². The first-order valence-corrected chi connectivity index (χ1v) is 9.01. The molecule has 0 spiro atoms. The molecule has 0 aliphatic carbocycles. The number of carbonyl (C=O) groups is 1. The summed E-state index contributed by atoms with van der Waals surface area (Å²) in [5.74, 6) is -0.443. The second-order valence-corrected chi connectivity index (χ2v) is 7.21. The fourth-order valence-corrected chi connectivity index (χ4v) is 2.61. The number of thiol groups is 1. The third-order valence-corrected chi connectivity index (χ3v) is 3.35. The topological polar surface area (TPSA) is 64.8 Å². The van der Waals surface area contributed by atoms with E-state index in [9.17, 15) is 9.18 Å². The number of hydrogen-bond donors (Lipinski definition) is 2. The standard InChI is InChI=1S/C9H13BFIN2O3S/c1-5-8(17-18(10)12)7(11)9(16-5)14(2)4-3-6(13)15/h3-4,7-9,18H,1H2,2H3,(H2,13,15)/b4-3-/t7?,8?,9-/m1/s1. The maximum absolute atomic E-state index is 14.1. The summed E-state index contributed by atoms with van der Waals surface area (Å²) in [4.78, 5) is 12.0. The zero-order valence-corrected chi connectivity index (χ0v) is 12.7. The van der Waals surface area contributed by atoms with Crippen molar-refractivity contribution in [3.63, 3.8) is 0 Å². The van der Waals surface area contributed by atoms with Gasteiger partial charge in [0.1, 0.15) is 0 Å². The molecule has 5 nitrogen and oxygen atoms in total. The van der Waals surface area contributed by atoms with Gasteiger partial charge in [-0.1, -0.05) is 0 Å². The molecule has 9 heteroatoms. The van der Waals surface area contributed by atoms with E-state index in [0.29, 0.717) is 0 Å². The predicted octanol–water partition coefficient (Wildman–Crippen LogP) is 0.860. The fraction of sp³-hybridized carbons (Fsp3) is 0.444. The van der Waals surface area contributed by atoms with Crippen molar-refractivity contribution < 1.29 is 18.1 Å². The Kier molecular flexibility index (Phi) is 5.79. The third-order valence-electron chi connectivity index (χ3n) is 2.24. The van der Waals surface area contributed by atoms with Crippen LogP contribution in [0.1, 0.15) is 0 Å². The number of amides is 1. The Morgan fingerprint density at radius 1 is 1.83 bits per heavy atom. The summed E-state index contributed by atoms with van der Waals surface area (Å²) in [7, 11) is 0.314. The van der Waals surface area contributed by atoms with Gasteiger partial charge in [0.2, 0.25) is 0 Å². The van der Waals surface area contributed by atoms with E-state index in [1.54, 1.807) is 7.05 Å². The van der Waals surface area contributed by atoms with Gasteiger partial charge in [0.25, 0.3) is 0 Å². The number of ether oxygens (including phenoxy) is 1. The van der Waals surface area contributed by atoms with Gasteiger partial charge in [-0.2, -0.15) is 0 Å². The van der Waals surface area contributed by atoms with Crippen LogP contribution in [0.4, 0.5) is 4.39 Å². The van der Waals surface area contributed by atoms with E-state index < -0.39 is 32.0 Å². The molecule has 0 bridgehead atoms. The molecule has 3 unspecified atom stereocenters. The number of rotatable bonds is 4. The molecule has 1 saturated heterocycles. The first-order chi connectivity index (χ1) is 8.32. The molecular formula is C9H13BFIN2O3S. The van der Waals surface area contributed by atoms with Crippen molar-refractivity contribution >= 4 is 41.2 Å². The molecule has 1 heterocycles. The number of nitrogens with two attached hydrogens (primary N) is 1. The van der Waals surface area contributed by atoms with Crippen LogP contribution in [0.2, 0.25) is 0 Å². The Bertz CT molecular complexity index is 453. The molecule has 1 fully saturated rings. The maximum atomic E-state index is 14.1. The molecule has 1 aliphatic rings. The number of nitrogens with zero attached hydrogens (tertiary/aromatic N) is 1. The number of halogens is 2. The number of alkyl halides is 1. The minimum atomic E-state index is -1.44. The number of primary amides is 1. The molecule has 0 radical (unpaired) electrons. The average Bonchev–Trinajstić information content (AvgIpc) is 2.53. The van der Waals surface area contributed by atoms with E-state index in [-0.39, 0.29) is 5.76 Å². The molecule has 4 atom stereocenters. The van der Waals surface area contributed by atoms with E-state index in [1.165, 1.54) is 11.1 Å². The molecule has 18 heavy (non-hydrogen) atoms. The van der Waals surface area contributed by atoms with E-state index in [4.69, 9.17) is 21.2 Å². The van der Waals surface area contributed by atoms with Crippen molar-refractivity contribution in [1.82, 2.24) is 4.90 Å². The van der Waals surface area contributed by atoms with Gasteiger partial charge >= 0.3 is 120 Å². The van der Waals surface area contributed by atoms with Crippen LogP contribution in [0.5, 0.6) is 0 Å². The second kappa shape index (κ2) is 6.66. The SMILES string of the molecule is B#[SH](I)OC1C(=C)O[C@@H](N(C)/C=C\C(N)=O)C1F. The van der Waals surface area contributed by atoms with Crippen molar-refractivity contribution in [2.24, 2.45) is 5.73 Å². The van der Waals surface area contributed by atoms with Gasteiger partial charge in [-0.15, -0.1) is 0 Å². The van der Waals surface area contributed by atoms with Crippen LogP contribution in [-0.2, 0) is 13.7 Å². The first kappa shape index (κ1) is 15.6. The molecule has 100 valence electrons. The number of carbonyl (C=O) groups excluding carboxylic acids is 1. The van der Waals surface area contributed by atoms with Crippen molar-refractivity contribution in [2.75, 3.05) is 7.05 Å². The Hall–Kier alpha value is -0.415. The zero-order valence-electron chi connectivity index (χ0n) is 9.62. The van der Waals surface area contributed by atoms with Crippen molar-refractivity contribution in [2.45, 2.75) is 18.5 Å². The molecule has 0 saturated carbocycles. The van der Waals surface area contributed by atoms with Gasteiger partial charge in [-0.3, -0.25) is 0 Å². The predicted molar refractivity (Wildman–Crippen MR) is 78.6 cm³/mol. The van der Waals surface area contributed by atoms with Crippen LogP contribution in [0.3, 0.4) is 0 Å². The number of hydrogen-bond acceptors (Lipinski definition) is 4. The van der Waals surface area contributed by atoms with Crippen LogP contribution < -0.4 is 5.73 Å². The van der Waals surface area contributed by atoms with Gasteiger partial charge < -0.3 is 0 Å². The molecule has 2 N–H and O–H groups in total. The van der Waals surface area contributed by atoms with E-state index in [1.807, 2.05) is 21.2 Å². The van der Waals surface area contributed by atoms with Gasteiger partial charge in [0.15, 0.2) is 0 Å².